The molecule has 0 saturated carbocycles. The molecule has 1 aliphatic heterocycles. The average Bonchev–Trinajstić information content (AvgIpc) is 2.96. The quantitative estimate of drug-likeness (QED) is 0.230. The third-order valence-electron chi connectivity index (χ3n) is 4.11. The largest absolute Gasteiger partial charge is 0.487 e. The lowest BCUT2D eigenvalue weighted by Gasteiger charge is -2.12. The number of esters is 1. The summed E-state index contributed by atoms with van der Waals surface area (Å²) in [5.74, 6) is -0.890. The molecule has 0 N–H and O–H groups in total. The average molecular weight is 667 g/mol. The van der Waals surface area contributed by atoms with Crippen LogP contribution < -0.4 is 4.74 Å². The predicted octanol–water partition coefficient (Wildman–Crippen LogP) is 5.21. The first-order chi connectivity index (χ1) is 14.8. The van der Waals surface area contributed by atoms with Crippen molar-refractivity contribution < 1.29 is 28.2 Å². The molecule has 1 saturated heterocycles. The van der Waals surface area contributed by atoms with Crippen LogP contribution in [0, 0.1) is 13.0 Å². The number of nitrogens with zero attached hydrogens (tertiary/aromatic N) is 1. The first-order valence-corrected chi connectivity index (χ1v) is 12.0. The van der Waals surface area contributed by atoms with Crippen LogP contribution in [0.5, 0.6) is 5.75 Å². The minimum Gasteiger partial charge on any atom is -0.487 e. The Hall–Kier alpha value is -1.67. The summed E-state index contributed by atoms with van der Waals surface area (Å²) in [6.45, 7) is 1.50. The number of imide groups is 1. The molecule has 31 heavy (non-hydrogen) atoms. The standard InChI is InChI=1S/C21H16FI2NO5S/c1-2-29-18(26)10-25-20(27)17(31-21(25)28)9-12-7-15(23)19(16(24)8-12)30-11-13-5-3-4-6-14(13)22/h3-9H,2,10-11H2,1H3/b17-9+. The molecule has 0 spiro atoms. The third-order valence-corrected chi connectivity index (χ3v) is 6.62. The number of rotatable bonds is 7. The van der Waals surface area contributed by atoms with Crippen molar-refractivity contribution in [1.82, 2.24) is 4.90 Å². The van der Waals surface area contributed by atoms with E-state index in [-0.39, 0.29) is 23.9 Å². The van der Waals surface area contributed by atoms with Gasteiger partial charge < -0.3 is 9.47 Å². The molecule has 6 nitrogen and oxygen atoms in total. The maximum atomic E-state index is 13.8. The fourth-order valence-corrected chi connectivity index (χ4v) is 5.66. The van der Waals surface area contributed by atoms with Gasteiger partial charge in [-0.1, -0.05) is 18.2 Å². The normalized spacial score (nSPS) is 15.0. The third kappa shape index (κ3) is 5.98. The van der Waals surface area contributed by atoms with Crippen molar-refractivity contribution in [2.45, 2.75) is 13.5 Å². The lowest BCUT2D eigenvalue weighted by molar-refractivity contribution is -0.145. The molecule has 0 unspecified atom stereocenters. The zero-order valence-corrected chi connectivity index (χ0v) is 21.3. The Labute approximate surface area is 209 Å². The van der Waals surface area contributed by atoms with E-state index in [0.29, 0.717) is 16.9 Å². The van der Waals surface area contributed by atoms with E-state index in [1.807, 2.05) is 0 Å². The lowest BCUT2D eigenvalue weighted by atomic mass is 10.2. The van der Waals surface area contributed by atoms with E-state index in [9.17, 15) is 18.8 Å². The van der Waals surface area contributed by atoms with Gasteiger partial charge in [0.2, 0.25) is 0 Å². The topological polar surface area (TPSA) is 72.9 Å². The number of halogens is 3. The summed E-state index contributed by atoms with van der Waals surface area (Å²) in [6.07, 6.45) is 1.60. The van der Waals surface area contributed by atoms with E-state index in [0.717, 1.165) is 23.8 Å². The Balaban J connectivity index is 1.76. The van der Waals surface area contributed by atoms with Gasteiger partial charge in [-0.25, -0.2) is 4.39 Å². The first-order valence-electron chi connectivity index (χ1n) is 9.06. The number of hydrogen-bond acceptors (Lipinski definition) is 6. The van der Waals surface area contributed by atoms with E-state index in [2.05, 4.69) is 45.2 Å². The van der Waals surface area contributed by atoms with E-state index in [4.69, 9.17) is 9.47 Å². The number of carbonyl (C=O) groups excluding carboxylic acids is 3. The second-order valence-corrected chi connectivity index (χ2v) is 9.58. The van der Waals surface area contributed by atoms with Crippen molar-refractivity contribution in [1.29, 1.82) is 0 Å². The number of hydrogen-bond donors (Lipinski definition) is 0. The van der Waals surface area contributed by atoms with Crippen LogP contribution in [0.1, 0.15) is 18.1 Å². The molecule has 2 aromatic rings. The first kappa shape index (κ1) is 24.0. The fourth-order valence-electron chi connectivity index (χ4n) is 2.69. The van der Waals surface area contributed by atoms with Gasteiger partial charge in [-0.15, -0.1) is 0 Å². The lowest BCUT2D eigenvalue weighted by Crippen LogP contribution is -2.34. The molecule has 0 atom stereocenters. The molecular formula is C21H16FI2NO5S. The molecule has 1 heterocycles. The summed E-state index contributed by atoms with van der Waals surface area (Å²) in [6, 6.07) is 10.0. The molecular weight excluding hydrogens is 651 g/mol. The van der Waals surface area contributed by atoms with Crippen molar-refractivity contribution >= 4 is 80.1 Å². The summed E-state index contributed by atoms with van der Waals surface area (Å²) < 4.78 is 26.0. The monoisotopic (exact) mass is 667 g/mol. The van der Waals surface area contributed by atoms with Crippen LogP contribution in [0.4, 0.5) is 9.18 Å². The Bertz CT molecular complexity index is 1050. The van der Waals surface area contributed by atoms with E-state index in [1.165, 1.54) is 6.07 Å². The van der Waals surface area contributed by atoms with Gasteiger partial charge in [0.25, 0.3) is 11.1 Å². The minimum absolute atomic E-state index is 0.0881. The summed E-state index contributed by atoms with van der Waals surface area (Å²) in [7, 11) is 0. The highest BCUT2D eigenvalue weighted by atomic mass is 127. The van der Waals surface area contributed by atoms with Crippen molar-refractivity contribution in [2.24, 2.45) is 0 Å². The molecule has 1 aliphatic rings. The number of thioether (sulfide) groups is 1. The van der Waals surface area contributed by atoms with Gasteiger partial charge in [0.15, 0.2) is 0 Å². The zero-order valence-electron chi connectivity index (χ0n) is 16.2. The highest BCUT2D eigenvalue weighted by Crippen LogP contribution is 2.35. The van der Waals surface area contributed by atoms with Gasteiger partial charge in [0.05, 0.1) is 18.7 Å². The SMILES string of the molecule is CCOC(=O)CN1C(=O)S/C(=C/c2cc(I)c(OCc3ccccc3F)c(I)c2)C1=O. The second-order valence-electron chi connectivity index (χ2n) is 6.27. The molecule has 0 radical (unpaired) electrons. The molecule has 0 aromatic heterocycles. The maximum absolute atomic E-state index is 13.8. The van der Waals surface area contributed by atoms with Crippen LogP contribution in [0.2, 0.25) is 0 Å². The van der Waals surface area contributed by atoms with Crippen molar-refractivity contribution in [2.75, 3.05) is 13.2 Å². The van der Waals surface area contributed by atoms with E-state index < -0.39 is 23.7 Å². The number of carbonyl (C=O) groups is 3. The predicted molar refractivity (Wildman–Crippen MR) is 132 cm³/mol. The van der Waals surface area contributed by atoms with Gasteiger partial charge in [-0.2, -0.15) is 0 Å². The highest BCUT2D eigenvalue weighted by Gasteiger charge is 2.36. The van der Waals surface area contributed by atoms with Gasteiger partial charge >= 0.3 is 5.97 Å². The van der Waals surface area contributed by atoms with E-state index >= 15 is 0 Å². The van der Waals surface area contributed by atoms with Crippen LogP contribution in [0.3, 0.4) is 0 Å². The van der Waals surface area contributed by atoms with Gasteiger partial charge in [0.1, 0.15) is 24.7 Å². The summed E-state index contributed by atoms with van der Waals surface area (Å²) in [5, 5.41) is -0.515. The molecule has 1 fully saturated rings. The Morgan fingerprint density at radius 3 is 2.52 bits per heavy atom. The molecule has 0 bridgehead atoms. The zero-order chi connectivity index (χ0) is 22.5. The van der Waals surface area contributed by atoms with Crippen LogP contribution in [0.25, 0.3) is 6.08 Å². The summed E-state index contributed by atoms with van der Waals surface area (Å²) in [5.41, 5.74) is 1.15. The van der Waals surface area contributed by atoms with Crippen molar-refractivity contribution in [3.8, 4) is 5.75 Å². The summed E-state index contributed by atoms with van der Waals surface area (Å²) in [4.78, 5) is 37.4. The second kappa shape index (κ2) is 10.8. The van der Waals surface area contributed by atoms with Crippen LogP contribution in [0.15, 0.2) is 41.3 Å². The van der Waals surface area contributed by atoms with E-state index in [1.54, 1.807) is 43.3 Å². The fraction of sp³-hybridized carbons (Fsp3) is 0.190. The van der Waals surface area contributed by atoms with Gasteiger partial charge in [-0.05, 0) is 93.7 Å². The molecule has 3 rings (SSSR count). The highest BCUT2D eigenvalue weighted by molar-refractivity contribution is 14.1. The Morgan fingerprint density at radius 2 is 1.87 bits per heavy atom. The Morgan fingerprint density at radius 1 is 1.19 bits per heavy atom. The van der Waals surface area contributed by atoms with Gasteiger partial charge in [0, 0.05) is 5.56 Å². The smallest absolute Gasteiger partial charge is 0.326 e. The van der Waals surface area contributed by atoms with Crippen LogP contribution >= 0.6 is 56.9 Å². The molecule has 0 aliphatic carbocycles. The van der Waals surface area contributed by atoms with Crippen molar-refractivity contribution in [3.63, 3.8) is 0 Å². The number of benzene rings is 2. The summed E-state index contributed by atoms with van der Waals surface area (Å²) >= 11 is 4.98. The van der Waals surface area contributed by atoms with Crippen LogP contribution in [-0.2, 0) is 20.9 Å². The molecule has 162 valence electrons. The molecule has 2 aromatic carbocycles. The van der Waals surface area contributed by atoms with Crippen molar-refractivity contribution in [3.05, 3.63) is 65.4 Å². The minimum atomic E-state index is -0.633. The van der Waals surface area contributed by atoms with Gasteiger partial charge in [-0.3, -0.25) is 19.3 Å². The van der Waals surface area contributed by atoms with Crippen LogP contribution in [-0.4, -0.2) is 35.2 Å². The molecule has 2 amide bonds. The number of ether oxygens (including phenoxy) is 2. The maximum Gasteiger partial charge on any atom is 0.326 e. The Kier molecular flexibility index (Phi) is 8.33. The molecule has 10 heteroatoms. The number of amides is 2.